The molecule has 0 spiro atoms. The second-order valence-electron chi connectivity index (χ2n) is 8.46. The minimum Gasteiger partial charge on any atom is -0.332 e. The highest BCUT2D eigenvalue weighted by molar-refractivity contribution is 7.09. The van der Waals surface area contributed by atoms with E-state index in [4.69, 9.17) is 11.6 Å². The van der Waals surface area contributed by atoms with Gasteiger partial charge in [-0.1, -0.05) is 43.6 Å². The van der Waals surface area contributed by atoms with Gasteiger partial charge >= 0.3 is 0 Å². The van der Waals surface area contributed by atoms with Crippen LogP contribution in [0.1, 0.15) is 34.6 Å². The van der Waals surface area contributed by atoms with Crippen molar-refractivity contribution < 1.29 is 18.9 Å². The van der Waals surface area contributed by atoms with Gasteiger partial charge in [-0.05, 0) is 47.2 Å². The molecule has 1 aromatic heterocycles. The molecule has 0 aliphatic carbocycles. The summed E-state index contributed by atoms with van der Waals surface area (Å²) in [5.74, 6) is -1.10. The Balaban J connectivity index is 1.85. The average Bonchev–Trinajstić information content (AvgIpc) is 3.32. The summed E-state index contributed by atoms with van der Waals surface area (Å²) in [6, 6.07) is 13.6. The highest BCUT2D eigenvalue weighted by Crippen LogP contribution is 2.26. The summed E-state index contributed by atoms with van der Waals surface area (Å²) in [5.41, 5.74) is 0.466. The predicted octanol–water partition coefficient (Wildman–Crippen LogP) is 5.78. The number of benzene rings is 2. The highest BCUT2D eigenvalue weighted by Gasteiger charge is 2.25. The van der Waals surface area contributed by atoms with Crippen molar-refractivity contribution in [2.24, 2.45) is 5.92 Å². The predicted molar refractivity (Wildman–Crippen MR) is 134 cm³/mol. The van der Waals surface area contributed by atoms with Crippen molar-refractivity contribution >= 4 is 40.4 Å². The van der Waals surface area contributed by atoms with Crippen molar-refractivity contribution in [3.63, 3.8) is 0 Å². The molecular formula is C25H25ClFN3O4S. The van der Waals surface area contributed by atoms with Crippen LogP contribution in [0.25, 0.3) is 0 Å². The molecule has 2 amide bonds. The molecule has 0 fully saturated rings. The lowest BCUT2D eigenvalue weighted by Crippen LogP contribution is -2.43. The summed E-state index contributed by atoms with van der Waals surface area (Å²) < 4.78 is 13.4. The Morgan fingerprint density at radius 2 is 1.80 bits per heavy atom. The topological polar surface area (TPSA) is 83.8 Å². The first kappa shape index (κ1) is 26.3. The van der Waals surface area contributed by atoms with Gasteiger partial charge in [0.1, 0.15) is 17.4 Å². The van der Waals surface area contributed by atoms with Crippen molar-refractivity contribution in [3.8, 4) is 0 Å². The van der Waals surface area contributed by atoms with Crippen LogP contribution in [-0.2, 0) is 17.9 Å². The maximum Gasteiger partial charge on any atom is 0.288 e. The molecule has 184 valence electrons. The molecule has 0 saturated carbocycles. The summed E-state index contributed by atoms with van der Waals surface area (Å²) in [6.07, 6.45) is 0. The van der Waals surface area contributed by atoms with Gasteiger partial charge in [-0.3, -0.25) is 19.7 Å². The van der Waals surface area contributed by atoms with Gasteiger partial charge in [0.25, 0.3) is 11.6 Å². The van der Waals surface area contributed by atoms with Gasteiger partial charge in [0.2, 0.25) is 5.91 Å². The maximum atomic E-state index is 13.4. The molecule has 3 rings (SSSR count). The number of amides is 2. The third-order valence-corrected chi connectivity index (χ3v) is 6.34. The first-order valence-corrected chi connectivity index (χ1v) is 12.2. The summed E-state index contributed by atoms with van der Waals surface area (Å²) >= 11 is 7.40. The minimum atomic E-state index is -0.650. The lowest BCUT2D eigenvalue weighted by molar-refractivity contribution is -0.384. The third kappa shape index (κ3) is 7.34. The fraction of sp³-hybridized carbons (Fsp3) is 0.280. The van der Waals surface area contributed by atoms with Crippen LogP contribution >= 0.6 is 22.9 Å². The molecule has 7 nitrogen and oxygen atoms in total. The van der Waals surface area contributed by atoms with Crippen molar-refractivity contribution in [1.82, 2.24) is 9.80 Å². The normalized spacial score (nSPS) is 10.9. The SMILES string of the molecule is CC(C)CN(CC(=O)N(Cc1ccc(F)cc1)Cc1cccs1)C(=O)c1ccc(Cl)c([N+](=O)[O-])c1. The lowest BCUT2D eigenvalue weighted by atomic mass is 10.1. The number of carbonyl (C=O) groups excluding carboxylic acids is 2. The van der Waals surface area contributed by atoms with Gasteiger partial charge in [-0.15, -0.1) is 11.3 Å². The Labute approximate surface area is 211 Å². The molecule has 3 aromatic rings. The van der Waals surface area contributed by atoms with E-state index in [9.17, 15) is 24.1 Å². The van der Waals surface area contributed by atoms with Gasteiger partial charge in [0, 0.05) is 29.6 Å². The summed E-state index contributed by atoms with van der Waals surface area (Å²) in [6.45, 7) is 4.48. The molecule has 0 aliphatic rings. The molecule has 0 aliphatic heterocycles. The molecule has 0 unspecified atom stereocenters. The first-order chi connectivity index (χ1) is 16.6. The fourth-order valence-corrected chi connectivity index (χ4v) is 4.43. The number of hydrogen-bond acceptors (Lipinski definition) is 5. The lowest BCUT2D eigenvalue weighted by Gasteiger charge is -2.29. The number of rotatable bonds is 10. The molecule has 10 heteroatoms. The molecule has 0 atom stereocenters. The molecule has 0 N–H and O–H groups in total. The van der Waals surface area contributed by atoms with E-state index in [-0.39, 0.29) is 53.6 Å². The highest BCUT2D eigenvalue weighted by atomic mass is 35.5. The van der Waals surface area contributed by atoms with E-state index in [1.807, 2.05) is 31.4 Å². The van der Waals surface area contributed by atoms with Crippen molar-refractivity contribution in [3.05, 3.63) is 96.9 Å². The number of hydrogen-bond donors (Lipinski definition) is 0. The third-order valence-electron chi connectivity index (χ3n) is 5.15. The van der Waals surface area contributed by atoms with Gasteiger partial charge in [0.15, 0.2) is 0 Å². The smallest absolute Gasteiger partial charge is 0.288 e. The second-order valence-corrected chi connectivity index (χ2v) is 9.90. The van der Waals surface area contributed by atoms with E-state index in [0.29, 0.717) is 6.54 Å². The Morgan fingerprint density at radius 1 is 1.09 bits per heavy atom. The van der Waals surface area contributed by atoms with Gasteiger partial charge in [0.05, 0.1) is 11.5 Å². The van der Waals surface area contributed by atoms with Crippen LogP contribution in [0.5, 0.6) is 0 Å². The molecular weight excluding hydrogens is 493 g/mol. The van der Waals surface area contributed by atoms with Crippen LogP contribution in [0.3, 0.4) is 0 Å². The minimum absolute atomic E-state index is 0.0527. The fourth-order valence-electron chi connectivity index (χ4n) is 3.52. The van der Waals surface area contributed by atoms with Crippen LogP contribution in [0, 0.1) is 21.8 Å². The van der Waals surface area contributed by atoms with Crippen LogP contribution in [0.15, 0.2) is 60.0 Å². The van der Waals surface area contributed by atoms with Crippen LogP contribution in [0.4, 0.5) is 10.1 Å². The van der Waals surface area contributed by atoms with Crippen LogP contribution < -0.4 is 0 Å². The number of nitrogens with zero attached hydrogens (tertiary/aromatic N) is 3. The van der Waals surface area contributed by atoms with E-state index in [2.05, 4.69) is 0 Å². The zero-order chi connectivity index (χ0) is 25.5. The summed E-state index contributed by atoms with van der Waals surface area (Å²) in [4.78, 5) is 41.3. The molecule has 0 bridgehead atoms. The van der Waals surface area contributed by atoms with Crippen LogP contribution in [-0.4, -0.2) is 39.6 Å². The molecule has 0 radical (unpaired) electrons. The summed E-state index contributed by atoms with van der Waals surface area (Å²) in [7, 11) is 0. The molecule has 2 aromatic carbocycles. The van der Waals surface area contributed by atoms with E-state index in [0.717, 1.165) is 16.5 Å². The second kappa shape index (κ2) is 11.9. The van der Waals surface area contributed by atoms with Gasteiger partial charge < -0.3 is 9.80 Å². The Morgan fingerprint density at radius 3 is 2.40 bits per heavy atom. The van der Waals surface area contributed by atoms with Crippen molar-refractivity contribution in [2.45, 2.75) is 26.9 Å². The quantitative estimate of drug-likeness (QED) is 0.252. The summed E-state index contributed by atoms with van der Waals surface area (Å²) in [5, 5.41) is 13.1. The van der Waals surface area contributed by atoms with E-state index >= 15 is 0 Å². The molecule has 0 saturated heterocycles. The number of nitro benzene ring substituents is 1. The van der Waals surface area contributed by atoms with Crippen LogP contribution in [0.2, 0.25) is 5.02 Å². The van der Waals surface area contributed by atoms with Gasteiger partial charge in [-0.2, -0.15) is 0 Å². The van der Waals surface area contributed by atoms with Gasteiger partial charge in [-0.25, -0.2) is 4.39 Å². The number of carbonyl (C=O) groups is 2. The molecule has 1 heterocycles. The standard InChI is InChI=1S/C25H25ClFN3O4S/c1-17(2)13-29(25(32)19-7-10-22(26)23(12-19)30(33)34)16-24(31)28(15-21-4-3-11-35-21)14-18-5-8-20(27)9-6-18/h3-12,17H,13-16H2,1-2H3. The molecule has 35 heavy (non-hydrogen) atoms. The maximum absolute atomic E-state index is 13.4. The van der Waals surface area contributed by atoms with Crippen molar-refractivity contribution in [2.75, 3.05) is 13.1 Å². The average molecular weight is 518 g/mol. The number of thiophene rings is 1. The number of halogens is 2. The Hall–Kier alpha value is -3.30. The zero-order valence-corrected chi connectivity index (χ0v) is 20.9. The zero-order valence-electron chi connectivity index (χ0n) is 19.3. The first-order valence-electron chi connectivity index (χ1n) is 10.9. The largest absolute Gasteiger partial charge is 0.332 e. The number of nitro groups is 1. The van der Waals surface area contributed by atoms with E-state index in [1.165, 1.54) is 40.5 Å². The van der Waals surface area contributed by atoms with E-state index < -0.39 is 10.8 Å². The Kier molecular flexibility index (Phi) is 8.95. The Bertz CT molecular complexity index is 1190. The van der Waals surface area contributed by atoms with Crippen molar-refractivity contribution in [1.29, 1.82) is 0 Å². The van der Waals surface area contributed by atoms with E-state index in [1.54, 1.807) is 17.0 Å². The monoisotopic (exact) mass is 517 g/mol.